The minimum atomic E-state index is -0.507. The molecule has 0 fully saturated rings. The largest absolute Gasteiger partial charge is 0.444 e. The molecule has 5 nitrogen and oxygen atoms in total. The highest BCUT2D eigenvalue weighted by atomic mass is 16.6. The standard InChI is InChI=1S/C15H19N3O2/c1-15(2,3)20-14(19)18-8-4-5-11-6-7-13(17)12(9-11)10-16/h4-7,9H,8,17H2,1-3H3,(H,18,19). The fourth-order valence-corrected chi connectivity index (χ4v) is 1.43. The van der Waals surface area contributed by atoms with Crippen LogP contribution < -0.4 is 11.1 Å². The van der Waals surface area contributed by atoms with Crippen molar-refractivity contribution in [2.75, 3.05) is 12.3 Å². The number of nitrogens with one attached hydrogen (secondary N) is 1. The summed E-state index contributed by atoms with van der Waals surface area (Å²) in [5.74, 6) is 0. The molecule has 20 heavy (non-hydrogen) atoms. The van der Waals surface area contributed by atoms with E-state index < -0.39 is 11.7 Å². The maximum atomic E-state index is 11.4. The highest BCUT2D eigenvalue weighted by Gasteiger charge is 2.14. The molecular formula is C15H19N3O2. The lowest BCUT2D eigenvalue weighted by Crippen LogP contribution is -2.32. The van der Waals surface area contributed by atoms with Gasteiger partial charge in [-0.25, -0.2) is 4.79 Å². The topological polar surface area (TPSA) is 88.1 Å². The van der Waals surface area contributed by atoms with Gasteiger partial charge in [-0.05, 0) is 38.5 Å². The van der Waals surface area contributed by atoms with E-state index in [9.17, 15) is 4.79 Å². The molecule has 0 unspecified atom stereocenters. The van der Waals surface area contributed by atoms with Gasteiger partial charge in [0.15, 0.2) is 0 Å². The van der Waals surface area contributed by atoms with Crippen LogP contribution in [0.25, 0.3) is 6.08 Å². The van der Waals surface area contributed by atoms with Crippen LogP contribution in [-0.4, -0.2) is 18.2 Å². The zero-order valence-electron chi connectivity index (χ0n) is 11.9. The Kier molecular flexibility index (Phi) is 5.15. The molecule has 0 saturated carbocycles. The van der Waals surface area contributed by atoms with Crippen LogP contribution >= 0.6 is 0 Å². The number of nitrogens with zero attached hydrogens (tertiary/aromatic N) is 1. The summed E-state index contributed by atoms with van der Waals surface area (Å²) in [6, 6.07) is 7.20. The van der Waals surface area contributed by atoms with E-state index in [0.717, 1.165) is 5.56 Å². The van der Waals surface area contributed by atoms with Crippen LogP contribution in [0.4, 0.5) is 10.5 Å². The first kappa shape index (κ1) is 15.6. The van der Waals surface area contributed by atoms with Crippen molar-refractivity contribution < 1.29 is 9.53 Å². The molecule has 0 bridgehead atoms. The molecular weight excluding hydrogens is 254 g/mol. The number of carbonyl (C=O) groups excluding carboxylic acids is 1. The lowest BCUT2D eigenvalue weighted by Gasteiger charge is -2.19. The molecule has 106 valence electrons. The van der Waals surface area contributed by atoms with E-state index in [4.69, 9.17) is 15.7 Å². The van der Waals surface area contributed by atoms with Crippen LogP contribution in [0.1, 0.15) is 31.9 Å². The number of nitrogens with two attached hydrogens (primary N) is 1. The van der Waals surface area contributed by atoms with Gasteiger partial charge in [0.05, 0.1) is 5.56 Å². The third-order valence-corrected chi connectivity index (χ3v) is 2.27. The molecule has 0 spiro atoms. The zero-order valence-corrected chi connectivity index (χ0v) is 11.9. The van der Waals surface area contributed by atoms with E-state index in [1.807, 2.05) is 6.07 Å². The number of amides is 1. The Morgan fingerprint density at radius 2 is 2.20 bits per heavy atom. The number of anilines is 1. The number of benzene rings is 1. The monoisotopic (exact) mass is 273 g/mol. The molecule has 1 aromatic rings. The molecule has 0 atom stereocenters. The second-order valence-corrected chi connectivity index (χ2v) is 5.24. The summed E-state index contributed by atoms with van der Waals surface area (Å²) in [4.78, 5) is 11.4. The van der Waals surface area contributed by atoms with Crippen LogP contribution in [0.5, 0.6) is 0 Å². The SMILES string of the molecule is CC(C)(C)OC(=O)NCC=Cc1ccc(N)c(C#N)c1. The van der Waals surface area contributed by atoms with Gasteiger partial charge in [0, 0.05) is 12.2 Å². The molecule has 0 aliphatic rings. The van der Waals surface area contributed by atoms with Crippen molar-refractivity contribution in [3.05, 3.63) is 35.4 Å². The Hall–Kier alpha value is -2.48. The quantitative estimate of drug-likeness (QED) is 0.829. The predicted octanol–water partition coefficient (Wildman–Crippen LogP) is 2.68. The Labute approximate surface area is 119 Å². The fourth-order valence-electron chi connectivity index (χ4n) is 1.43. The average Bonchev–Trinajstić information content (AvgIpc) is 2.34. The molecule has 0 aromatic heterocycles. The molecule has 1 amide bonds. The number of hydrogen-bond acceptors (Lipinski definition) is 4. The Bertz CT molecular complexity index is 551. The highest BCUT2D eigenvalue weighted by Crippen LogP contribution is 2.13. The summed E-state index contributed by atoms with van der Waals surface area (Å²) in [6.45, 7) is 5.77. The molecule has 0 saturated heterocycles. The van der Waals surface area contributed by atoms with Crippen LogP contribution in [0, 0.1) is 11.3 Å². The van der Waals surface area contributed by atoms with Crippen molar-refractivity contribution in [2.24, 2.45) is 0 Å². The van der Waals surface area contributed by atoms with Gasteiger partial charge in [-0.3, -0.25) is 0 Å². The zero-order chi connectivity index (χ0) is 15.2. The van der Waals surface area contributed by atoms with Gasteiger partial charge in [-0.1, -0.05) is 18.2 Å². The Balaban J connectivity index is 2.50. The summed E-state index contributed by atoms with van der Waals surface area (Å²) in [7, 11) is 0. The summed E-state index contributed by atoms with van der Waals surface area (Å²) < 4.78 is 5.10. The van der Waals surface area contributed by atoms with Gasteiger partial charge in [0.25, 0.3) is 0 Å². The number of nitrogen functional groups attached to an aromatic ring is 1. The molecule has 3 N–H and O–H groups in total. The molecule has 0 aliphatic carbocycles. The van der Waals surface area contributed by atoms with E-state index in [1.54, 1.807) is 51.1 Å². The maximum absolute atomic E-state index is 11.4. The summed E-state index contributed by atoms with van der Waals surface area (Å²) in [6.07, 6.45) is 3.12. The van der Waals surface area contributed by atoms with Crippen LogP contribution in [0.2, 0.25) is 0 Å². The smallest absolute Gasteiger partial charge is 0.407 e. The fraction of sp³-hybridized carbons (Fsp3) is 0.333. The second kappa shape index (κ2) is 6.62. The average molecular weight is 273 g/mol. The van der Waals surface area contributed by atoms with Gasteiger partial charge in [-0.2, -0.15) is 5.26 Å². The summed E-state index contributed by atoms with van der Waals surface area (Å²) in [5, 5.41) is 11.5. The van der Waals surface area contributed by atoms with Gasteiger partial charge in [0.2, 0.25) is 0 Å². The van der Waals surface area contributed by atoms with Crippen LogP contribution in [0.15, 0.2) is 24.3 Å². The van der Waals surface area contributed by atoms with Gasteiger partial charge >= 0.3 is 6.09 Å². The minimum absolute atomic E-state index is 0.348. The molecule has 5 heteroatoms. The highest BCUT2D eigenvalue weighted by molar-refractivity contribution is 5.68. The number of carbonyl (C=O) groups is 1. The van der Waals surface area contributed by atoms with E-state index in [1.165, 1.54) is 0 Å². The first-order chi connectivity index (χ1) is 9.31. The van der Waals surface area contributed by atoms with Crippen LogP contribution in [-0.2, 0) is 4.74 Å². The molecule has 1 aromatic carbocycles. The van der Waals surface area contributed by atoms with Crippen molar-refractivity contribution in [2.45, 2.75) is 26.4 Å². The van der Waals surface area contributed by atoms with Crippen molar-refractivity contribution >= 4 is 17.9 Å². The van der Waals surface area contributed by atoms with E-state index in [0.29, 0.717) is 17.8 Å². The summed E-state index contributed by atoms with van der Waals surface area (Å²) >= 11 is 0. The van der Waals surface area contributed by atoms with Crippen molar-refractivity contribution in [1.29, 1.82) is 5.26 Å². The van der Waals surface area contributed by atoms with Gasteiger partial charge in [0.1, 0.15) is 11.7 Å². The number of alkyl carbamates (subject to hydrolysis) is 1. The molecule has 1 rings (SSSR count). The minimum Gasteiger partial charge on any atom is -0.444 e. The first-order valence-electron chi connectivity index (χ1n) is 6.25. The normalized spacial score (nSPS) is 11.1. The van der Waals surface area contributed by atoms with Crippen molar-refractivity contribution in [3.63, 3.8) is 0 Å². The maximum Gasteiger partial charge on any atom is 0.407 e. The number of hydrogen-bond donors (Lipinski definition) is 2. The third kappa shape index (κ3) is 5.44. The molecule has 0 heterocycles. The number of nitriles is 1. The third-order valence-electron chi connectivity index (χ3n) is 2.27. The summed E-state index contributed by atoms with van der Waals surface area (Å²) in [5.41, 5.74) is 6.87. The van der Waals surface area contributed by atoms with E-state index in [2.05, 4.69) is 5.32 Å². The molecule has 0 radical (unpaired) electrons. The van der Waals surface area contributed by atoms with E-state index >= 15 is 0 Å². The Morgan fingerprint density at radius 1 is 1.50 bits per heavy atom. The van der Waals surface area contributed by atoms with Crippen molar-refractivity contribution in [1.82, 2.24) is 5.32 Å². The lowest BCUT2D eigenvalue weighted by molar-refractivity contribution is 0.0534. The second-order valence-electron chi connectivity index (χ2n) is 5.24. The number of rotatable bonds is 3. The van der Waals surface area contributed by atoms with Gasteiger partial charge in [-0.15, -0.1) is 0 Å². The first-order valence-corrected chi connectivity index (χ1v) is 6.25. The van der Waals surface area contributed by atoms with Gasteiger partial charge < -0.3 is 15.8 Å². The molecule has 0 aliphatic heterocycles. The van der Waals surface area contributed by atoms with Crippen LogP contribution in [0.3, 0.4) is 0 Å². The predicted molar refractivity (Wildman–Crippen MR) is 78.8 cm³/mol. The van der Waals surface area contributed by atoms with Crippen molar-refractivity contribution in [3.8, 4) is 6.07 Å². The Morgan fingerprint density at radius 3 is 2.80 bits per heavy atom. The number of ether oxygens (including phenoxy) is 1. The lowest BCUT2D eigenvalue weighted by atomic mass is 10.1. The van der Waals surface area contributed by atoms with E-state index in [-0.39, 0.29) is 0 Å².